The molecule has 3 N–H and O–H groups in total. The number of aromatic nitrogens is 4. The molecule has 8 nitrogen and oxygen atoms in total. The van der Waals surface area contributed by atoms with Crippen LogP contribution in [0, 0.1) is 5.82 Å². The molecule has 0 amide bonds. The van der Waals surface area contributed by atoms with E-state index in [-0.39, 0.29) is 41.1 Å². The highest BCUT2D eigenvalue weighted by atomic mass is 19.4. The van der Waals surface area contributed by atoms with Crippen molar-refractivity contribution >= 4 is 22.6 Å². The number of rotatable bonds is 5. The summed E-state index contributed by atoms with van der Waals surface area (Å²) >= 11 is 0. The lowest BCUT2D eigenvalue weighted by molar-refractivity contribution is -0.137. The fourth-order valence-corrected chi connectivity index (χ4v) is 4.41. The van der Waals surface area contributed by atoms with Gasteiger partial charge in [0.2, 0.25) is 0 Å². The number of carbonyl (C=O) groups excluding carboxylic acids is 1. The number of H-pyrrole nitrogens is 2. The topological polar surface area (TPSA) is 107 Å². The smallest absolute Gasteiger partial charge is 0.389 e. The molecule has 0 spiro atoms. The van der Waals surface area contributed by atoms with Gasteiger partial charge in [0.1, 0.15) is 5.52 Å². The Balaban J connectivity index is 1.44. The van der Waals surface area contributed by atoms with E-state index in [1.807, 2.05) is 0 Å². The number of imidazole rings is 1. The number of nitrogens with zero attached hydrogens (tertiary/aromatic N) is 3. The summed E-state index contributed by atoms with van der Waals surface area (Å²) in [7, 11) is 1.51. The third kappa shape index (κ3) is 4.22. The standard InChI is InChI=1S/C24H21F4N5O3/c1-36-18-6-7-33(11-17(18)34)23-19(25)20-16(10-30-23)31-22(32-20)15-8-12(9-29-15)21(35)13-4-2-3-5-14(13)24(26,27)28/h2-5,8-10,17-18,29,34H,6-7,11H2,1H3,(H,31,32)/t17-,18-/m1/s1. The van der Waals surface area contributed by atoms with Gasteiger partial charge in [-0.05, 0) is 18.6 Å². The first kappa shape index (κ1) is 23.9. The van der Waals surface area contributed by atoms with E-state index in [0.29, 0.717) is 18.5 Å². The number of nitrogens with one attached hydrogen (secondary N) is 2. The molecule has 0 unspecified atom stereocenters. The zero-order chi connectivity index (χ0) is 25.6. The van der Waals surface area contributed by atoms with Crippen LogP contribution in [0.3, 0.4) is 0 Å². The molecule has 36 heavy (non-hydrogen) atoms. The quantitative estimate of drug-likeness (QED) is 0.282. The van der Waals surface area contributed by atoms with E-state index in [1.54, 1.807) is 4.90 Å². The van der Waals surface area contributed by atoms with Gasteiger partial charge in [-0.2, -0.15) is 13.2 Å². The van der Waals surface area contributed by atoms with Crippen molar-refractivity contribution in [3.05, 3.63) is 65.2 Å². The fraction of sp³-hybridized carbons (Fsp3) is 0.292. The van der Waals surface area contributed by atoms with Crippen molar-refractivity contribution in [2.45, 2.75) is 24.8 Å². The Morgan fingerprint density at radius 1 is 1.28 bits per heavy atom. The van der Waals surface area contributed by atoms with Crippen LogP contribution in [0.1, 0.15) is 27.9 Å². The maximum absolute atomic E-state index is 15.3. The molecular weight excluding hydrogens is 482 g/mol. The SMILES string of the molecule is CO[C@@H]1CCN(c2ncc3[nH]c(-c4cc(C(=O)c5ccccc5C(F)(F)F)c[nH]4)nc3c2F)C[C@H]1O. The zero-order valence-electron chi connectivity index (χ0n) is 18.9. The molecule has 1 aromatic carbocycles. The number of hydrogen-bond acceptors (Lipinski definition) is 6. The van der Waals surface area contributed by atoms with Gasteiger partial charge in [-0.15, -0.1) is 0 Å². The number of anilines is 1. The van der Waals surface area contributed by atoms with Gasteiger partial charge in [-0.25, -0.2) is 14.4 Å². The largest absolute Gasteiger partial charge is 0.417 e. The van der Waals surface area contributed by atoms with E-state index in [0.717, 1.165) is 12.1 Å². The Kier molecular flexibility index (Phi) is 6.00. The van der Waals surface area contributed by atoms with Crippen LogP contribution >= 0.6 is 0 Å². The van der Waals surface area contributed by atoms with Gasteiger partial charge in [-0.3, -0.25) is 4.79 Å². The maximum atomic E-state index is 15.3. The highest BCUT2D eigenvalue weighted by Gasteiger charge is 2.35. The minimum absolute atomic E-state index is 0.00301. The summed E-state index contributed by atoms with van der Waals surface area (Å²) in [6, 6.07) is 5.90. The lowest BCUT2D eigenvalue weighted by atomic mass is 9.99. The number of fused-ring (bicyclic) bond motifs is 1. The van der Waals surface area contributed by atoms with E-state index in [4.69, 9.17) is 4.74 Å². The molecule has 1 aliphatic rings. The fourth-order valence-electron chi connectivity index (χ4n) is 4.41. The van der Waals surface area contributed by atoms with Crippen molar-refractivity contribution in [2.24, 2.45) is 0 Å². The minimum Gasteiger partial charge on any atom is -0.389 e. The zero-order valence-corrected chi connectivity index (χ0v) is 18.9. The van der Waals surface area contributed by atoms with Crippen LogP contribution in [0.2, 0.25) is 0 Å². The number of halogens is 4. The minimum atomic E-state index is -4.68. The number of alkyl halides is 3. The molecule has 4 heterocycles. The summed E-state index contributed by atoms with van der Waals surface area (Å²) in [5.41, 5.74) is -0.916. The number of ether oxygens (including phenoxy) is 1. The van der Waals surface area contributed by atoms with Crippen molar-refractivity contribution < 1.29 is 32.2 Å². The average molecular weight is 503 g/mol. The normalized spacial score (nSPS) is 18.7. The van der Waals surface area contributed by atoms with Gasteiger partial charge in [-0.1, -0.05) is 18.2 Å². The molecule has 12 heteroatoms. The summed E-state index contributed by atoms with van der Waals surface area (Å²) in [5, 5.41) is 10.2. The summed E-state index contributed by atoms with van der Waals surface area (Å²) in [6.45, 7) is 0.580. The molecule has 4 aromatic rings. The number of methoxy groups -OCH3 is 1. The van der Waals surface area contributed by atoms with E-state index >= 15 is 4.39 Å². The second-order valence-corrected chi connectivity index (χ2v) is 8.49. The molecule has 188 valence electrons. The Morgan fingerprint density at radius 2 is 2.06 bits per heavy atom. The molecule has 1 fully saturated rings. The Bertz CT molecular complexity index is 1430. The molecule has 2 atom stereocenters. The predicted octanol–water partition coefficient (Wildman–Crippen LogP) is 3.93. The van der Waals surface area contributed by atoms with Gasteiger partial charge in [0.25, 0.3) is 0 Å². The second kappa shape index (κ2) is 9.03. The molecule has 0 radical (unpaired) electrons. The van der Waals surface area contributed by atoms with E-state index in [1.165, 1.54) is 37.7 Å². The number of benzene rings is 1. The Morgan fingerprint density at radius 3 is 2.78 bits per heavy atom. The first-order valence-electron chi connectivity index (χ1n) is 11.1. The van der Waals surface area contributed by atoms with Crippen LogP contribution in [0.5, 0.6) is 0 Å². The number of β-amino-alcohol motifs (C(OH)–C–C–N with tert-alkyl or cyclic N) is 1. The molecule has 0 bridgehead atoms. The van der Waals surface area contributed by atoms with Gasteiger partial charge >= 0.3 is 6.18 Å². The van der Waals surface area contributed by atoms with Gasteiger partial charge < -0.3 is 24.7 Å². The van der Waals surface area contributed by atoms with Crippen molar-refractivity contribution in [3.63, 3.8) is 0 Å². The van der Waals surface area contributed by atoms with Crippen LogP contribution in [-0.2, 0) is 10.9 Å². The van der Waals surface area contributed by atoms with Crippen LogP contribution in [0.4, 0.5) is 23.4 Å². The van der Waals surface area contributed by atoms with E-state index in [9.17, 15) is 23.1 Å². The van der Waals surface area contributed by atoms with Gasteiger partial charge in [0, 0.05) is 37.5 Å². The van der Waals surface area contributed by atoms with Gasteiger partial charge in [0.05, 0.1) is 35.2 Å². The van der Waals surface area contributed by atoms with Crippen LogP contribution in [0.25, 0.3) is 22.6 Å². The Labute approximate surface area is 201 Å². The number of pyridine rings is 1. The molecular formula is C24H21F4N5O3. The second-order valence-electron chi connectivity index (χ2n) is 8.49. The van der Waals surface area contributed by atoms with Crippen molar-refractivity contribution in [2.75, 3.05) is 25.1 Å². The van der Waals surface area contributed by atoms with Crippen LogP contribution in [-0.4, -0.2) is 63.2 Å². The average Bonchev–Trinajstić information content (AvgIpc) is 3.51. The maximum Gasteiger partial charge on any atom is 0.417 e. The Hall–Kier alpha value is -3.77. The monoisotopic (exact) mass is 503 g/mol. The van der Waals surface area contributed by atoms with Crippen molar-refractivity contribution in [1.29, 1.82) is 0 Å². The van der Waals surface area contributed by atoms with Crippen LogP contribution in [0.15, 0.2) is 42.7 Å². The molecule has 0 saturated carbocycles. The predicted molar refractivity (Wildman–Crippen MR) is 122 cm³/mol. The van der Waals surface area contributed by atoms with E-state index in [2.05, 4.69) is 19.9 Å². The number of hydrogen-bond donors (Lipinski definition) is 3. The molecule has 1 aliphatic heterocycles. The molecule has 1 saturated heterocycles. The summed E-state index contributed by atoms with van der Waals surface area (Å²) in [4.78, 5) is 28.6. The van der Waals surface area contributed by atoms with Crippen LogP contribution < -0.4 is 4.90 Å². The third-order valence-corrected chi connectivity index (χ3v) is 6.25. The molecule has 3 aromatic heterocycles. The third-order valence-electron chi connectivity index (χ3n) is 6.25. The highest BCUT2D eigenvalue weighted by molar-refractivity contribution is 6.10. The number of piperidine rings is 1. The van der Waals surface area contributed by atoms with E-state index < -0.39 is 35.0 Å². The van der Waals surface area contributed by atoms with Gasteiger partial charge in [0.15, 0.2) is 23.2 Å². The summed E-state index contributed by atoms with van der Waals surface area (Å²) in [5.74, 6) is -1.26. The number of aliphatic hydroxyl groups excluding tert-OH is 1. The highest BCUT2D eigenvalue weighted by Crippen LogP contribution is 2.33. The van der Waals surface area contributed by atoms with Crippen molar-refractivity contribution in [1.82, 2.24) is 19.9 Å². The summed E-state index contributed by atoms with van der Waals surface area (Å²) in [6.07, 6.45) is -2.63. The summed E-state index contributed by atoms with van der Waals surface area (Å²) < 4.78 is 60.6. The first-order valence-corrected chi connectivity index (χ1v) is 11.1. The lowest BCUT2D eigenvalue weighted by Crippen LogP contribution is -2.48. The van der Waals surface area contributed by atoms with Crippen molar-refractivity contribution in [3.8, 4) is 11.5 Å². The number of ketones is 1. The number of carbonyl (C=O) groups is 1. The molecule has 0 aliphatic carbocycles. The number of aliphatic hydroxyl groups is 1. The number of aromatic amines is 2. The molecule has 5 rings (SSSR count). The lowest BCUT2D eigenvalue weighted by Gasteiger charge is -2.35. The first-order chi connectivity index (χ1) is 17.2.